The molecule has 134 valence electrons. The van der Waals surface area contributed by atoms with Gasteiger partial charge in [0.15, 0.2) is 12.3 Å². The van der Waals surface area contributed by atoms with Gasteiger partial charge in [-0.3, -0.25) is 4.79 Å². The number of likely N-dealkylation sites (tertiary alicyclic amines) is 1. The van der Waals surface area contributed by atoms with Gasteiger partial charge in [-0.2, -0.15) is 0 Å². The van der Waals surface area contributed by atoms with E-state index in [1.54, 1.807) is 11.1 Å². The fraction of sp³-hybridized carbons (Fsp3) is 0.316. The van der Waals surface area contributed by atoms with E-state index in [-0.39, 0.29) is 17.6 Å². The molecule has 7 heteroatoms. The Hall–Kier alpha value is -2.60. The van der Waals surface area contributed by atoms with E-state index in [2.05, 4.69) is 9.97 Å². The monoisotopic (exact) mass is 371 g/mol. The van der Waals surface area contributed by atoms with Gasteiger partial charge in [0.2, 0.25) is 5.76 Å². The summed E-state index contributed by atoms with van der Waals surface area (Å²) in [4.78, 5) is 22.5. The molecule has 0 radical (unpaired) electrons. The topological polar surface area (TPSA) is 72.4 Å². The van der Waals surface area contributed by atoms with Gasteiger partial charge >= 0.3 is 0 Å². The number of halogens is 1. The molecule has 0 saturated carbocycles. The summed E-state index contributed by atoms with van der Waals surface area (Å²) in [6.07, 6.45) is 6.99. The van der Waals surface area contributed by atoms with Gasteiger partial charge in [-0.15, -0.1) is 0 Å². The number of piperidine rings is 1. The van der Waals surface area contributed by atoms with Gasteiger partial charge in [-0.05, 0) is 30.5 Å². The molecule has 6 nitrogen and oxygen atoms in total. The van der Waals surface area contributed by atoms with Crippen molar-refractivity contribution in [2.75, 3.05) is 13.1 Å². The summed E-state index contributed by atoms with van der Waals surface area (Å²) in [5, 5.41) is 0.714. The van der Waals surface area contributed by atoms with Crippen LogP contribution in [0.5, 0.6) is 0 Å². The molecule has 1 aliphatic heterocycles. The van der Waals surface area contributed by atoms with Crippen LogP contribution >= 0.6 is 11.6 Å². The summed E-state index contributed by atoms with van der Waals surface area (Å²) < 4.78 is 11.1. The number of oxazole rings is 2. The van der Waals surface area contributed by atoms with Crippen molar-refractivity contribution < 1.29 is 13.6 Å². The van der Waals surface area contributed by atoms with Crippen molar-refractivity contribution in [3.8, 4) is 0 Å². The van der Waals surface area contributed by atoms with Crippen molar-refractivity contribution >= 4 is 17.5 Å². The number of carbonyl (C=O) groups is 1. The van der Waals surface area contributed by atoms with Gasteiger partial charge < -0.3 is 13.7 Å². The maximum atomic E-state index is 12.4. The van der Waals surface area contributed by atoms with E-state index < -0.39 is 0 Å². The van der Waals surface area contributed by atoms with Crippen LogP contribution in [0.3, 0.4) is 0 Å². The molecule has 0 aliphatic carbocycles. The molecule has 1 aromatic carbocycles. The number of amides is 1. The van der Waals surface area contributed by atoms with Crippen molar-refractivity contribution in [1.29, 1.82) is 0 Å². The number of rotatable bonds is 4. The molecule has 3 heterocycles. The van der Waals surface area contributed by atoms with Crippen molar-refractivity contribution in [3.63, 3.8) is 0 Å². The van der Waals surface area contributed by atoms with E-state index in [1.807, 2.05) is 24.3 Å². The summed E-state index contributed by atoms with van der Waals surface area (Å²) >= 11 is 5.92. The lowest BCUT2D eigenvalue weighted by Gasteiger charge is -2.30. The summed E-state index contributed by atoms with van der Waals surface area (Å²) in [6.45, 7) is 1.27. The largest absolute Gasteiger partial charge is 0.445 e. The molecule has 1 atom stereocenters. The predicted octanol–water partition coefficient (Wildman–Crippen LogP) is 3.93. The lowest BCUT2D eigenvalue weighted by molar-refractivity contribution is 0.0666. The van der Waals surface area contributed by atoms with Crippen LogP contribution in [-0.4, -0.2) is 33.9 Å². The smallest absolute Gasteiger partial charge is 0.291 e. The maximum Gasteiger partial charge on any atom is 0.291 e. The number of nitrogens with zero attached hydrogens (tertiary/aromatic N) is 3. The molecule has 1 aliphatic rings. The Morgan fingerprint density at radius 1 is 1.27 bits per heavy atom. The highest BCUT2D eigenvalue weighted by Crippen LogP contribution is 2.28. The van der Waals surface area contributed by atoms with Crippen LogP contribution < -0.4 is 0 Å². The molecule has 0 bridgehead atoms. The van der Waals surface area contributed by atoms with Crippen LogP contribution in [0.15, 0.2) is 51.9 Å². The molecule has 26 heavy (non-hydrogen) atoms. The Morgan fingerprint density at radius 2 is 2.12 bits per heavy atom. The van der Waals surface area contributed by atoms with Gasteiger partial charge in [0.05, 0.1) is 18.3 Å². The Bertz CT molecular complexity index is 874. The second-order valence-electron chi connectivity index (χ2n) is 6.42. The Labute approximate surface area is 155 Å². The number of hydrogen-bond acceptors (Lipinski definition) is 5. The molecule has 1 amide bonds. The fourth-order valence-corrected chi connectivity index (χ4v) is 3.36. The number of benzene rings is 1. The molecule has 3 aromatic rings. The number of carbonyl (C=O) groups excluding carboxylic acids is 1. The van der Waals surface area contributed by atoms with Gasteiger partial charge in [-0.1, -0.05) is 23.7 Å². The Kier molecular flexibility index (Phi) is 4.75. The highest BCUT2D eigenvalue weighted by atomic mass is 35.5. The number of aromatic nitrogens is 2. The van der Waals surface area contributed by atoms with Crippen LogP contribution in [0.25, 0.3) is 0 Å². The first kappa shape index (κ1) is 16.8. The lowest BCUT2D eigenvalue weighted by Crippen LogP contribution is -2.39. The molecular weight excluding hydrogens is 354 g/mol. The summed E-state index contributed by atoms with van der Waals surface area (Å²) in [6, 6.07) is 7.68. The minimum absolute atomic E-state index is 0.0922. The van der Waals surface area contributed by atoms with Crippen LogP contribution in [0, 0.1) is 0 Å². The first-order valence-electron chi connectivity index (χ1n) is 8.56. The zero-order valence-corrected chi connectivity index (χ0v) is 14.9. The molecule has 4 rings (SSSR count). The minimum Gasteiger partial charge on any atom is -0.445 e. The van der Waals surface area contributed by atoms with Crippen LogP contribution in [0.1, 0.15) is 46.5 Å². The molecular formula is C19H18ClN3O3. The van der Waals surface area contributed by atoms with Gasteiger partial charge in [0.1, 0.15) is 5.76 Å². The van der Waals surface area contributed by atoms with Crippen molar-refractivity contribution in [3.05, 3.63) is 71.1 Å². The normalized spacial score (nSPS) is 17.4. The molecule has 0 spiro atoms. The van der Waals surface area contributed by atoms with Gasteiger partial charge in [-0.25, -0.2) is 9.97 Å². The van der Waals surface area contributed by atoms with Gasteiger partial charge in [0.25, 0.3) is 5.91 Å². The highest BCUT2D eigenvalue weighted by Gasteiger charge is 2.29. The predicted molar refractivity (Wildman–Crippen MR) is 95.1 cm³/mol. The van der Waals surface area contributed by atoms with Crippen molar-refractivity contribution in [1.82, 2.24) is 14.9 Å². The third kappa shape index (κ3) is 3.65. The molecule has 0 N–H and O–H groups in total. The lowest BCUT2D eigenvalue weighted by atomic mass is 9.98. The van der Waals surface area contributed by atoms with Crippen molar-refractivity contribution in [2.24, 2.45) is 0 Å². The van der Waals surface area contributed by atoms with E-state index in [0.717, 1.165) is 24.2 Å². The standard InChI is InChI=1S/C19H18ClN3O3/c20-15-5-3-13(4-6-15)8-16-9-22-18(26-16)14-2-1-7-23(11-14)19(24)17-10-21-12-25-17/h3-6,9-10,12,14H,1-2,7-8,11H2. The van der Waals surface area contributed by atoms with Crippen LogP contribution in [0.4, 0.5) is 0 Å². The molecule has 1 unspecified atom stereocenters. The second kappa shape index (κ2) is 7.33. The summed E-state index contributed by atoms with van der Waals surface area (Å²) in [5.41, 5.74) is 1.11. The number of hydrogen-bond donors (Lipinski definition) is 0. The molecule has 2 aromatic heterocycles. The average molecular weight is 372 g/mol. The van der Waals surface area contributed by atoms with E-state index in [1.165, 1.54) is 12.6 Å². The van der Waals surface area contributed by atoms with Crippen LogP contribution in [-0.2, 0) is 6.42 Å². The minimum atomic E-state index is -0.139. The second-order valence-corrected chi connectivity index (χ2v) is 6.86. The zero-order chi connectivity index (χ0) is 17.9. The third-order valence-electron chi connectivity index (χ3n) is 4.56. The quantitative estimate of drug-likeness (QED) is 0.694. The van der Waals surface area contributed by atoms with Crippen LogP contribution in [0.2, 0.25) is 5.02 Å². The first-order valence-corrected chi connectivity index (χ1v) is 8.93. The Balaban J connectivity index is 1.43. The summed E-state index contributed by atoms with van der Waals surface area (Å²) in [7, 11) is 0. The maximum absolute atomic E-state index is 12.4. The average Bonchev–Trinajstić information content (AvgIpc) is 3.35. The summed E-state index contributed by atoms with van der Waals surface area (Å²) in [5.74, 6) is 1.71. The van der Waals surface area contributed by atoms with Gasteiger partial charge in [0, 0.05) is 24.5 Å². The third-order valence-corrected chi connectivity index (χ3v) is 4.82. The Morgan fingerprint density at radius 3 is 2.88 bits per heavy atom. The zero-order valence-electron chi connectivity index (χ0n) is 14.1. The van der Waals surface area contributed by atoms with E-state index >= 15 is 0 Å². The van der Waals surface area contributed by atoms with E-state index in [0.29, 0.717) is 30.4 Å². The van der Waals surface area contributed by atoms with Crippen molar-refractivity contribution in [2.45, 2.75) is 25.2 Å². The highest BCUT2D eigenvalue weighted by molar-refractivity contribution is 6.30. The fourth-order valence-electron chi connectivity index (χ4n) is 3.24. The first-order chi connectivity index (χ1) is 12.7. The SMILES string of the molecule is O=C(c1cnco1)N1CCCC(c2ncc(Cc3ccc(Cl)cc3)o2)C1. The van der Waals surface area contributed by atoms with E-state index in [9.17, 15) is 4.79 Å². The van der Waals surface area contributed by atoms with E-state index in [4.69, 9.17) is 20.4 Å². The molecule has 1 fully saturated rings. The molecule has 1 saturated heterocycles.